The minimum absolute atomic E-state index is 0.0330. The molecular formula is C23H27N3O4S2. The van der Waals surface area contributed by atoms with Gasteiger partial charge >= 0.3 is 0 Å². The molecule has 4 rings (SSSR count). The lowest BCUT2D eigenvalue weighted by Crippen LogP contribution is -2.40. The van der Waals surface area contributed by atoms with Crippen LogP contribution in [0.25, 0.3) is 0 Å². The van der Waals surface area contributed by atoms with Crippen molar-refractivity contribution in [3.63, 3.8) is 0 Å². The number of carbonyl (C=O) groups is 2. The average molecular weight is 474 g/mol. The summed E-state index contributed by atoms with van der Waals surface area (Å²) in [6.45, 7) is 5.32. The number of para-hydroxylation sites is 1. The van der Waals surface area contributed by atoms with E-state index in [1.165, 1.54) is 16.4 Å². The summed E-state index contributed by atoms with van der Waals surface area (Å²) < 4.78 is 26.8. The van der Waals surface area contributed by atoms with Crippen molar-refractivity contribution >= 4 is 45.0 Å². The number of anilines is 2. The minimum Gasteiger partial charge on any atom is -0.312 e. The highest BCUT2D eigenvalue weighted by atomic mass is 32.2. The maximum Gasteiger partial charge on any atom is 0.243 e. The lowest BCUT2D eigenvalue weighted by atomic mass is 10.1. The van der Waals surface area contributed by atoms with Gasteiger partial charge in [0.1, 0.15) is 0 Å². The van der Waals surface area contributed by atoms with E-state index < -0.39 is 15.9 Å². The van der Waals surface area contributed by atoms with Crippen LogP contribution in [0.4, 0.5) is 11.4 Å². The maximum atomic E-state index is 13.3. The average Bonchev–Trinajstić information content (AvgIpc) is 3.20. The minimum atomic E-state index is -3.56. The Hall–Kier alpha value is -2.36. The zero-order valence-corrected chi connectivity index (χ0v) is 19.9. The first-order valence-electron chi connectivity index (χ1n) is 10.8. The van der Waals surface area contributed by atoms with Crippen LogP contribution < -0.4 is 9.80 Å². The van der Waals surface area contributed by atoms with Crippen LogP contribution in [-0.2, 0) is 19.6 Å². The van der Waals surface area contributed by atoms with E-state index in [0.29, 0.717) is 31.9 Å². The summed E-state index contributed by atoms with van der Waals surface area (Å²) >= 11 is 1.73. The number of rotatable bonds is 6. The fraction of sp³-hybridized carbons (Fsp3) is 0.391. The van der Waals surface area contributed by atoms with Gasteiger partial charge in [-0.15, -0.1) is 11.8 Å². The Kier molecular flexibility index (Phi) is 6.60. The van der Waals surface area contributed by atoms with E-state index in [0.717, 1.165) is 16.3 Å². The predicted molar refractivity (Wildman–Crippen MR) is 127 cm³/mol. The molecule has 32 heavy (non-hydrogen) atoms. The smallest absolute Gasteiger partial charge is 0.243 e. The molecule has 0 radical (unpaired) electrons. The van der Waals surface area contributed by atoms with Gasteiger partial charge in [0.25, 0.3) is 0 Å². The van der Waals surface area contributed by atoms with Crippen LogP contribution in [0, 0.1) is 5.92 Å². The van der Waals surface area contributed by atoms with Gasteiger partial charge < -0.3 is 9.80 Å². The fourth-order valence-electron chi connectivity index (χ4n) is 4.25. The normalized spacial score (nSPS) is 18.8. The van der Waals surface area contributed by atoms with Gasteiger partial charge in [-0.05, 0) is 36.4 Å². The monoisotopic (exact) mass is 473 g/mol. The molecule has 2 amide bonds. The molecule has 1 atom stereocenters. The van der Waals surface area contributed by atoms with E-state index in [9.17, 15) is 18.0 Å². The number of carbonyl (C=O) groups excluding carboxylic acids is 2. The van der Waals surface area contributed by atoms with Gasteiger partial charge in [0, 0.05) is 48.9 Å². The molecule has 0 saturated carbocycles. The van der Waals surface area contributed by atoms with Crippen LogP contribution in [0.1, 0.15) is 20.3 Å². The summed E-state index contributed by atoms with van der Waals surface area (Å²) in [5, 5.41) is 0. The van der Waals surface area contributed by atoms with Crippen LogP contribution in [0.5, 0.6) is 0 Å². The molecule has 0 aliphatic carbocycles. The number of nitrogens with zero attached hydrogens (tertiary/aromatic N) is 3. The van der Waals surface area contributed by atoms with E-state index in [-0.39, 0.29) is 23.1 Å². The quantitative estimate of drug-likeness (QED) is 0.644. The van der Waals surface area contributed by atoms with E-state index in [1.54, 1.807) is 47.5 Å². The summed E-state index contributed by atoms with van der Waals surface area (Å²) in [5.74, 6) is 0.254. The molecule has 1 saturated heterocycles. The van der Waals surface area contributed by atoms with Crippen molar-refractivity contribution in [3.8, 4) is 0 Å². The highest BCUT2D eigenvalue weighted by molar-refractivity contribution is 7.99. The van der Waals surface area contributed by atoms with E-state index in [1.807, 2.05) is 24.3 Å². The highest BCUT2D eigenvalue weighted by Gasteiger charge is 2.38. The summed E-state index contributed by atoms with van der Waals surface area (Å²) in [5.41, 5.74) is 1.52. The van der Waals surface area contributed by atoms with Gasteiger partial charge in [-0.2, -0.15) is 4.31 Å². The summed E-state index contributed by atoms with van der Waals surface area (Å²) in [4.78, 5) is 30.7. The first kappa shape index (κ1) is 22.8. The number of amides is 2. The Morgan fingerprint density at radius 3 is 2.47 bits per heavy atom. The Bertz CT molecular complexity index is 1110. The number of benzene rings is 2. The molecule has 9 heteroatoms. The molecule has 2 aliphatic heterocycles. The van der Waals surface area contributed by atoms with Crippen molar-refractivity contribution in [3.05, 3.63) is 48.5 Å². The van der Waals surface area contributed by atoms with E-state index in [4.69, 9.17) is 0 Å². The first-order valence-corrected chi connectivity index (χ1v) is 13.2. The van der Waals surface area contributed by atoms with Crippen LogP contribution in [0.3, 0.4) is 0 Å². The van der Waals surface area contributed by atoms with Crippen LogP contribution in [0.15, 0.2) is 58.3 Å². The van der Waals surface area contributed by atoms with Crippen LogP contribution >= 0.6 is 11.8 Å². The number of thioether (sulfide) groups is 1. The van der Waals surface area contributed by atoms with E-state index in [2.05, 4.69) is 0 Å². The molecule has 170 valence electrons. The largest absolute Gasteiger partial charge is 0.312 e. The third kappa shape index (κ3) is 4.16. The third-order valence-electron chi connectivity index (χ3n) is 5.96. The zero-order valence-electron chi connectivity index (χ0n) is 18.2. The summed E-state index contributed by atoms with van der Waals surface area (Å²) in [6.07, 6.45) is 0.157. The Morgan fingerprint density at radius 1 is 1.09 bits per heavy atom. The lowest BCUT2D eigenvalue weighted by Gasteiger charge is -2.30. The Labute approximate surface area is 193 Å². The number of sulfonamides is 1. The lowest BCUT2D eigenvalue weighted by molar-refractivity contribution is -0.124. The molecular weight excluding hydrogens is 446 g/mol. The Balaban J connectivity index is 1.51. The van der Waals surface area contributed by atoms with Crippen molar-refractivity contribution in [2.24, 2.45) is 5.92 Å². The number of hydrogen-bond donors (Lipinski definition) is 0. The van der Waals surface area contributed by atoms with Crippen molar-refractivity contribution in [2.75, 3.05) is 41.7 Å². The second kappa shape index (κ2) is 9.25. The maximum absolute atomic E-state index is 13.3. The molecule has 0 bridgehead atoms. The van der Waals surface area contributed by atoms with Gasteiger partial charge in [0.2, 0.25) is 21.8 Å². The van der Waals surface area contributed by atoms with Crippen molar-refractivity contribution in [1.29, 1.82) is 0 Å². The highest BCUT2D eigenvalue weighted by Crippen LogP contribution is 2.36. The Morgan fingerprint density at radius 2 is 1.78 bits per heavy atom. The van der Waals surface area contributed by atoms with E-state index >= 15 is 0 Å². The third-order valence-corrected chi connectivity index (χ3v) is 9.07. The zero-order chi connectivity index (χ0) is 22.9. The number of hydrogen-bond acceptors (Lipinski definition) is 5. The number of fused-ring (bicyclic) bond motifs is 1. The van der Waals surface area contributed by atoms with Gasteiger partial charge in [0.15, 0.2) is 0 Å². The first-order chi connectivity index (χ1) is 15.4. The molecule has 2 aromatic carbocycles. The topological polar surface area (TPSA) is 78.0 Å². The van der Waals surface area contributed by atoms with Gasteiger partial charge in [-0.3, -0.25) is 9.59 Å². The standard InChI is InChI=1S/C23H27N3O4S2/c1-3-24(4-2)32(29,30)19-11-9-18(10-12-19)26-16-17(15-22(26)27)23(28)25-13-14-31-21-8-6-5-7-20(21)25/h5-12,17H,3-4,13-16H2,1-2H3/t17-/m0/s1. The van der Waals surface area contributed by atoms with Crippen molar-refractivity contribution in [2.45, 2.75) is 30.1 Å². The second-order valence-electron chi connectivity index (χ2n) is 7.79. The van der Waals surface area contributed by atoms with Gasteiger partial charge in [-0.1, -0.05) is 26.0 Å². The second-order valence-corrected chi connectivity index (χ2v) is 10.9. The molecule has 2 heterocycles. The van der Waals surface area contributed by atoms with Crippen LogP contribution in [0.2, 0.25) is 0 Å². The molecule has 2 aromatic rings. The van der Waals surface area contributed by atoms with Crippen molar-refractivity contribution in [1.82, 2.24) is 4.31 Å². The summed E-state index contributed by atoms with van der Waals surface area (Å²) in [6, 6.07) is 14.2. The SMILES string of the molecule is CCN(CC)S(=O)(=O)c1ccc(N2C[C@@H](C(=O)N3CCSc4ccccc43)CC2=O)cc1. The summed E-state index contributed by atoms with van der Waals surface area (Å²) in [7, 11) is -3.56. The van der Waals surface area contributed by atoms with Crippen LogP contribution in [-0.4, -0.2) is 56.5 Å². The van der Waals surface area contributed by atoms with Gasteiger partial charge in [0.05, 0.1) is 16.5 Å². The molecule has 1 fully saturated rings. The molecule has 0 aromatic heterocycles. The molecule has 0 unspecified atom stereocenters. The fourth-order valence-corrected chi connectivity index (χ4v) is 6.70. The predicted octanol–water partition coefficient (Wildman–Crippen LogP) is 3.21. The molecule has 0 spiro atoms. The molecule has 0 N–H and O–H groups in total. The molecule has 2 aliphatic rings. The van der Waals surface area contributed by atoms with Gasteiger partial charge in [-0.25, -0.2) is 8.42 Å². The van der Waals surface area contributed by atoms with Crippen molar-refractivity contribution < 1.29 is 18.0 Å². The molecule has 7 nitrogen and oxygen atoms in total.